The van der Waals surface area contributed by atoms with Gasteiger partial charge in [-0.25, -0.2) is 0 Å². The average Bonchev–Trinajstić information content (AvgIpc) is 3.71. The zero-order chi connectivity index (χ0) is 41.0. The summed E-state index contributed by atoms with van der Waals surface area (Å²) >= 11 is 0. The molecule has 168 valence electrons. The highest BCUT2D eigenvalue weighted by atomic mass is 16.3. The van der Waals surface area contributed by atoms with Gasteiger partial charge in [-0.15, -0.1) is 0 Å². The summed E-state index contributed by atoms with van der Waals surface area (Å²) in [6.07, 6.45) is -0.671. The van der Waals surface area contributed by atoms with E-state index >= 15 is 0 Å². The Morgan fingerprint density at radius 2 is 1.03 bits per heavy atom. The molecule has 36 heavy (non-hydrogen) atoms. The van der Waals surface area contributed by atoms with Crippen molar-refractivity contribution in [3.05, 3.63) is 121 Å². The molecule has 2 heterocycles. The Bertz CT molecular complexity index is 3090. The predicted molar refractivity (Wildman–Crippen MR) is 149 cm³/mol. The number of furan rings is 2. The highest BCUT2D eigenvalue weighted by Crippen LogP contribution is 2.45. The van der Waals surface area contributed by atoms with E-state index in [0.29, 0.717) is 0 Å². The third-order valence-electron chi connectivity index (χ3n) is 5.93. The van der Waals surface area contributed by atoms with Gasteiger partial charge in [0.05, 0.1) is 32.3 Å². The number of benzene rings is 6. The molecule has 8 aromatic rings. The van der Waals surface area contributed by atoms with Crippen LogP contribution in [0.2, 0.25) is 0 Å². The molecule has 0 bridgehead atoms. The van der Waals surface area contributed by atoms with E-state index in [1.165, 1.54) is 0 Å². The van der Waals surface area contributed by atoms with Crippen molar-refractivity contribution in [1.82, 2.24) is 0 Å². The van der Waals surface area contributed by atoms with E-state index in [1.807, 2.05) is 0 Å². The van der Waals surface area contributed by atoms with Gasteiger partial charge in [0.2, 0.25) is 0 Å². The summed E-state index contributed by atoms with van der Waals surface area (Å²) in [5.41, 5.74) is -3.69. The molecule has 0 aliphatic heterocycles. The van der Waals surface area contributed by atoms with Gasteiger partial charge in [0.1, 0.15) is 18.1 Å². The van der Waals surface area contributed by atoms with Crippen LogP contribution in [0.3, 0.4) is 0 Å². The Kier molecular flexibility index (Phi) is 1.71. The Morgan fingerprint density at radius 1 is 0.444 bits per heavy atom. The summed E-state index contributed by atoms with van der Waals surface area (Å²) in [5, 5.41) is -3.00. The highest BCUT2D eigenvalue weighted by molar-refractivity contribution is 6.23. The molecule has 2 aromatic heterocycles. The first-order chi connectivity index (χ1) is 26.2. The van der Waals surface area contributed by atoms with Gasteiger partial charge in [-0.3, -0.25) is 0 Å². The molecular formula is C34H20O2. The molecule has 0 radical (unpaired) electrons. The first-order valence-electron chi connectivity index (χ1n) is 20.6. The van der Waals surface area contributed by atoms with E-state index < -0.39 is 176 Å². The summed E-state index contributed by atoms with van der Waals surface area (Å²) in [6.45, 7) is 0. The summed E-state index contributed by atoms with van der Waals surface area (Å²) in [5.74, 6) is 0. The molecule has 0 unspecified atom stereocenters. The van der Waals surface area contributed by atoms with Crippen molar-refractivity contribution in [2.75, 3.05) is 0 Å². The maximum atomic E-state index is 9.47. The molecule has 0 fully saturated rings. The van der Waals surface area contributed by atoms with Crippen molar-refractivity contribution >= 4 is 54.5 Å². The van der Waals surface area contributed by atoms with Gasteiger partial charge in [0.25, 0.3) is 0 Å². The van der Waals surface area contributed by atoms with Crippen LogP contribution in [-0.2, 0) is 0 Å². The average molecular weight is 481 g/mol. The minimum atomic E-state index is -0.872. The van der Waals surface area contributed by atoms with Crippen molar-refractivity contribution < 1.29 is 36.2 Å². The fourth-order valence-electron chi connectivity index (χ4n) is 4.47. The molecule has 0 spiro atoms. The lowest BCUT2D eigenvalue weighted by molar-refractivity contribution is 0.615. The highest BCUT2D eigenvalue weighted by Gasteiger charge is 2.18. The summed E-state index contributed by atoms with van der Waals surface area (Å²) < 4.78 is 186. The molecular weight excluding hydrogens is 440 g/mol. The fraction of sp³-hybridized carbons (Fsp3) is 0. The van der Waals surface area contributed by atoms with Crippen molar-refractivity contribution in [3.63, 3.8) is 0 Å². The molecule has 0 atom stereocenters. The zero-order valence-corrected chi connectivity index (χ0v) is 17.8. The Balaban J connectivity index is 1.73. The van der Waals surface area contributed by atoms with E-state index in [2.05, 4.69) is 0 Å². The number of rotatable bonds is 2. The third kappa shape index (κ3) is 2.67. The van der Waals surface area contributed by atoms with Crippen LogP contribution in [0.25, 0.3) is 76.7 Å². The standard InChI is InChI=1S/C34H20O2/c1-2-8-21(9-3-1)32-23-10-4-6-12-25(23)33(26-13-7-5-11-24(26)32)22-14-15-27-31(20-22)36-30-17-16-29-28(34(27)30)18-19-35-29/h1-20H/i1D,2D,3D,4D,5D,6D,7D,8D,9D,10D,11D,12D,13D,14D,15D,16D,17D,18D,19D,20D. The van der Waals surface area contributed by atoms with Gasteiger partial charge >= 0.3 is 0 Å². The van der Waals surface area contributed by atoms with Crippen LogP contribution in [0.15, 0.2) is 130 Å². The van der Waals surface area contributed by atoms with E-state index in [4.69, 9.17) is 32.1 Å². The maximum Gasteiger partial charge on any atom is 0.136 e. The topological polar surface area (TPSA) is 26.3 Å². The normalized spacial score (nSPS) is 19.7. The summed E-state index contributed by atoms with van der Waals surface area (Å²) in [7, 11) is 0. The lowest BCUT2D eigenvalue weighted by Gasteiger charge is -2.17. The maximum absolute atomic E-state index is 9.47. The number of hydrogen-bond acceptors (Lipinski definition) is 2. The fourth-order valence-corrected chi connectivity index (χ4v) is 4.47. The van der Waals surface area contributed by atoms with Gasteiger partial charge in [0, 0.05) is 16.2 Å². The number of hydrogen-bond donors (Lipinski definition) is 0. The van der Waals surface area contributed by atoms with Gasteiger partial charge in [-0.05, 0) is 74.0 Å². The quantitative estimate of drug-likeness (QED) is 0.230. The Morgan fingerprint density at radius 3 is 1.72 bits per heavy atom. The minimum Gasteiger partial charge on any atom is -0.464 e. The molecule has 0 N–H and O–H groups in total. The van der Waals surface area contributed by atoms with Crippen molar-refractivity contribution in [3.8, 4) is 22.3 Å². The molecule has 6 aromatic carbocycles. The monoisotopic (exact) mass is 480 g/mol. The number of fused-ring (bicyclic) bond motifs is 7. The molecule has 0 saturated heterocycles. The molecule has 0 aliphatic carbocycles. The Hall–Kier alpha value is -4.82. The second-order valence-corrected chi connectivity index (χ2v) is 7.79. The van der Waals surface area contributed by atoms with Gasteiger partial charge < -0.3 is 8.83 Å². The molecule has 0 saturated carbocycles. The molecule has 2 nitrogen and oxygen atoms in total. The van der Waals surface area contributed by atoms with Crippen molar-refractivity contribution in [2.45, 2.75) is 0 Å². The molecule has 8 rings (SSSR count). The van der Waals surface area contributed by atoms with Gasteiger partial charge in [-0.2, -0.15) is 0 Å². The first-order valence-corrected chi connectivity index (χ1v) is 10.6. The predicted octanol–water partition coefficient (Wildman–Crippen LogP) is 9.97. The van der Waals surface area contributed by atoms with Crippen LogP contribution in [-0.4, -0.2) is 0 Å². The van der Waals surface area contributed by atoms with E-state index in [-0.39, 0.29) is 21.7 Å². The van der Waals surface area contributed by atoms with Crippen molar-refractivity contribution in [1.29, 1.82) is 0 Å². The van der Waals surface area contributed by atoms with Crippen LogP contribution >= 0.6 is 0 Å². The van der Waals surface area contributed by atoms with Crippen LogP contribution in [0.4, 0.5) is 0 Å². The molecule has 2 heteroatoms. The van der Waals surface area contributed by atoms with E-state index in [9.17, 15) is 4.11 Å². The van der Waals surface area contributed by atoms with Crippen LogP contribution in [0, 0.1) is 0 Å². The van der Waals surface area contributed by atoms with Crippen LogP contribution < -0.4 is 0 Å². The largest absolute Gasteiger partial charge is 0.464 e. The third-order valence-corrected chi connectivity index (χ3v) is 5.93. The summed E-state index contributed by atoms with van der Waals surface area (Å²) in [4.78, 5) is 0. The smallest absolute Gasteiger partial charge is 0.136 e. The van der Waals surface area contributed by atoms with Crippen molar-refractivity contribution in [2.24, 2.45) is 0 Å². The van der Waals surface area contributed by atoms with Crippen LogP contribution in [0.5, 0.6) is 0 Å². The minimum absolute atomic E-state index is 0.183. The van der Waals surface area contributed by atoms with E-state index in [1.54, 1.807) is 0 Å². The molecule has 0 aliphatic rings. The second kappa shape index (κ2) is 7.34. The van der Waals surface area contributed by atoms with Crippen LogP contribution in [0.1, 0.15) is 27.4 Å². The molecule has 0 amide bonds. The van der Waals surface area contributed by atoms with E-state index in [0.717, 1.165) is 0 Å². The van der Waals surface area contributed by atoms with Gasteiger partial charge in [-0.1, -0.05) is 84.6 Å². The second-order valence-electron chi connectivity index (χ2n) is 7.79. The first kappa shape index (κ1) is 8.39. The lowest BCUT2D eigenvalue weighted by atomic mass is 9.86. The lowest BCUT2D eigenvalue weighted by Crippen LogP contribution is -1.90. The van der Waals surface area contributed by atoms with Gasteiger partial charge in [0.15, 0.2) is 0 Å². The summed E-state index contributed by atoms with van der Waals surface area (Å²) in [6, 6.07) is -15.2. The SMILES string of the molecule is [2H]c1oc2c([2H])c([2H])c3oc4c([2H])c(-c5c6c([2H])c([2H])c([2H])c([2H])c6c(-c6c([2H])c([2H])c([2H])c([2H])c6[2H])c6c([2H])c([2H])c([2H])c([2H])c56)c([2H])c([2H])c4c3c2c1[2H]. The zero-order valence-electron chi connectivity index (χ0n) is 37.8. The Labute approximate surface area is 235 Å².